The van der Waals surface area contributed by atoms with Gasteiger partial charge >= 0.3 is 6.09 Å². The van der Waals surface area contributed by atoms with E-state index in [1.54, 1.807) is 34.3 Å². The molecule has 0 saturated carbocycles. The zero-order valence-corrected chi connectivity index (χ0v) is 17.8. The number of amides is 2. The number of aromatic nitrogens is 3. The number of hydrogen-bond acceptors (Lipinski definition) is 6. The predicted octanol–water partition coefficient (Wildman–Crippen LogP) is 3.28. The molecule has 2 aromatic heterocycles. The molecule has 2 aliphatic rings. The number of hydrogen-bond donors (Lipinski definition) is 0. The van der Waals surface area contributed by atoms with Gasteiger partial charge in [0.2, 0.25) is 5.91 Å². The number of carbonyl (C=O) groups excluding carboxylic acids is 2. The molecule has 0 aliphatic carbocycles. The van der Waals surface area contributed by atoms with Crippen LogP contribution in [0.3, 0.4) is 0 Å². The smallest absolute Gasteiger partial charge is 0.408 e. The van der Waals surface area contributed by atoms with E-state index in [0.717, 1.165) is 11.1 Å². The van der Waals surface area contributed by atoms with E-state index in [1.165, 1.54) is 13.1 Å². The SMILES string of the molecule is CC(=O)N1c2ccc(-c3cnn(C4COC4)c3)cc2N(C(=O)Oc2cccnc2)C[C@@H]1C. The average Bonchev–Trinajstić information content (AvgIpc) is 3.21. The number of carbonyl (C=O) groups is 2. The highest BCUT2D eigenvalue weighted by Crippen LogP contribution is 2.39. The second kappa shape index (κ2) is 8.08. The normalized spacial score (nSPS) is 18.1. The molecule has 1 fully saturated rings. The summed E-state index contributed by atoms with van der Waals surface area (Å²) in [6, 6.07) is 9.15. The van der Waals surface area contributed by atoms with Gasteiger partial charge in [-0.3, -0.25) is 19.4 Å². The van der Waals surface area contributed by atoms with Crippen LogP contribution in [0.15, 0.2) is 55.1 Å². The van der Waals surface area contributed by atoms with Crippen molar-refractivity contribution in [1.82, 2.24) is 14.8 Å². The molecule has 5 rings (SSSR count). The van der Waals surface area contributed by atoms with Crippen molar-refractivity contribution in [1.29, 1.82) is 0 Å². The maximum atomic E-state index is 13.1. The van der Waals surface area contributed by atoms with Crippen LogP contribution in [0.25, 0.3) is 11.1 Å². The molecule has 9 nitrogen and oxygen atoms in total. The highest BCUT2D eigenvalue weighted by Gasteiger charge is 2.35. The Bertz CT molecular complexity index is 1160. The maximum Gasteiger partial charge on any atom is 0.419 e. The van der Waals surface area contributed by atoms with Gasteiger partial charge in [0.05, 0.1) is 49.1 Å². The van der Waals surface area contributed by atoms with Gasteiger partial charge < -0.3 is 14.4 Å². The van der Waals surface area contributed by atoms with Gasteiger partial charge in [0.1, 0.15) is 0 Å². The summed E-state index contributed by atoms with van der Waals surface area (Å²) >= 11 is 0. The van der Waals surface area contributed by atoms with E-state index < -0.39 is 6.09 Å². The summed E-state index contributed by atoms with van der Waals surface area (Å²) in [5.74, 6) is 0.283. The van der Waals surface area contributed by atoms with Crippen LogP contribution in [0.2, 0.25) is 0 Å². The number of rotatable bonds is 3. The van der Waals surface area contributed by atoms with Gasteiger partial charge in [-0.1, -0.05) is 6.07 Å². The van der Waals surface area contributed by atoms with Crippen molar-refractivity contribution in [3.05, 3.63) is 55.1 Å². The summed E-state index contributed by atoms with van der Waals surface area (Å²) in [5, 5.41) is 4.45. The zero-order chi connectivity index (χ0) is 22.2. The molecule has 164 valence electrons. The molecule has 32 heavy (non-hydrogen) atoms. The minimum absolute atomic E-state index is 0.0791. The standard InChI is InChI=1S/C23H23N5O4/c1-15-11-26(23(30)32-20-4-3-7-24-10-20)22-8-17(5-6-21(22)28(15)16(2)29)18-9-25-27(12-18)19-13-31-14-19/h3-10,12,15,19H,11,13-14H2,1-2H3/t15-/m0/s1. The third-order valence-electron chi connectivity index (χ3n) is 5.74. The first-order valence-electron chi connectivity index (χ1n) is 10.5. The van der Waals surface area contributed by atoms with Crippen molar-refractivity contribution >= 4 is 23.4 Å². The molecule has 1 aromatic carbocycles. The minimum Gasteiger partial charge on any atom is -0.408 e. The third kappa shape index (κ3) is 3.60. The van der Waals surface area contributed by atoms with Crippen molar-refractivity contribution in [2.24, 2.45) is 0 Å². The zero-order valence-electron chi connectivity index (χ0n) is 17.8. The fourth-order valence-corrected chi connectivity index (χ4v) is 4.08. The minimum atomic E-state index is -0.520. The van der Waals surface area contributed by atoms with E-state index in [4.69, 9.17) is 9.47 Å². The first-order valence-corrected chi connectivity index (χ1v) is 10.5. The summed E-state index contributed by atoms with van der Waals surface area (Å²) < 4.78 is 12.7. The first kappa shape index (κ1) is 20.2. The lowest BCUT2D eigenvalue weighted by molar-refractivity contribution is -0.117. The van der Waals surface area contributed by atoms with Gasteiger partial charge in [-0.25, -0.2) is 4.79 Å². The molecular weight excluding hydrogens is 410 g/mol. The fourth-order valence-electron chi connectivity index (χ4n) is 4.08. The molecule has 2 amide bonds. The molecule has 3 aromatic rings. The largest absolute Gasteiger partial charge is 0.419 e. The quantitative estimate of drug-likeness (QED) is 0.630. The molecule has 0 unspecified atom stereocenters. The number of pyridine rings is 1. The lowest BCUT2D eigenvalue weighted by Gasteiger charge is -2.40. The van der Waals surface area contributed by atoms with Gasteiger partial charge in [-0.05, 0) is 36.8 Å². The first-order chi connectivity index (χ1) is 15.5. The average molecular weight is 433 g/mol. The second-order valence-corrected chi connectivity index (χ2v) is 8.01. The number of fused-ring (bicyclic) bond motifs is 1. The van der Waals surface area contributed by atoms with E-state index in [2.05, 4.69) is 10.1 Å². The van der Waals surface area contributed by atoms with Crippen LogP contribution < -0.4 is 14.5 Å². The van der Waals surface area contributed by atoms with E-state index in [-0.39, 0.29) is 18.0 Å². The Morgan fingerprint density at radius 1 is 1.12 bits per heavy atom. The van der Waals surface area contributed by atoms with Crippen molar-refractivity contribution in [2.75, 3.05) is 29.6 Å². The Morgan fingerprint density at radius 2 is 1.97 bits per heavy atom. The lowest BCUT2D eigenvalue weighted by atomic mass is 10.0. The number of nitrogens with zero attached hydrogens (tertiary/aromatic N) is 5. The molecule has 0 N–H and O–H groups in total. The maximum absolute atomic E-state index is 13.1. The lowest BCUT2D eigenvalue weighted by Crippen LogP contribution is -2.52. The van der Waals surface area contributed by atoms with Gasteiger partial charge in [-0.2, -0.15) is 5.10 Å². The molecule has 1 saturated heterocycles. The Kier molecular flexibility index (Phi) is 5.10. The molecule has 4 heterocycles. The van der Waals surface area contributed by atoms with Crippen LogP contribution >= 0.6 is 0 Å². The van der Waals surface area contributed by atoms with Crippen LogP contribution in [0.1, 0.15) is 19.9 Å². The number of anilines is 2. The van der Waals surface area contributed by atoms with Crippen LogP contribution in [0.5, 0.6) is 5.75 Å². The summed E-state index contributed by atoms with van der Waals surface area (Å²) in [6.07, 6.45) is 6.35. The summed E-state index contributed by atoms with van der Waals surface area (Å²) in [6.45, 7) is 5.07. The highest BCUT2D eigenvalue weighted by molar-refractivity contribution is 6.03. The number of ether oxygens (including phenoxy) is 2. The van der Waals surface area contributed by atoms with Crippen molar-refractivity contribution in [2.45, 2.75) is 25.9 Å². The van der Waals surface area contributed by atoms with E-state index >= 15 is 0 Å². The topological polar surface area (TPSA) is 89.8 Å². The molecule has 0 bridgehead atoms. The Hall–Kier alpha value is -3.72. The molecule has 2 aliphatic heterocycles. The summed E-state index contributed by atoms with van der Waals surface area (Å²) in [5.41, 5.74) is 3.10. The van der Waals surface area contributed by atoms with Crippen LogP contribution in [-0.4, -0.2) is 52.6 Å². The second-order valence-electron chi connectivity index (χ2n) is 8.01. The molecule has 0 radical (unpaired) electrons. The van der Waals surface area contributed by atoms with Crippen LogP contribution in [0.4, 0.5) is 16.2 Å². The van der Waals surface area contributed by atoms with Gasteiger partial charge in [-0.15, -0.1) is 0 Å². The summed E-state index contributed by atoms with van der Waals surface area (Å²) in [7, 11) is 0. The van der Waals surface area contributed by atoms with E-state index in [1.807, 2.05) is 36.0 Å². The van der Waals surface area contributed by atoms with Crippen LogP contribution in [-0.2, 0) is 9.53 Å². The Labute approximate surface area is 185 Å². The third-order valence-corrected chi connectivity index (χ3v) is 5.74. The van der Waals surface area contributed by atoms with Crippen molar-refractivity contribution in [3.63, 3.8) is 0 Å². The molecule has 0 spiro atoms. The van der Waals surface area contributed by atoms with Gasteiger partial charge in [0.25, 0.3) is 0 Å². The highest BCUT2D eigenvalue weighted by atomic mass is 16.6. The predicted molar refractivity (Wildman–Crippen MR) is 118 cm³/mol. The molecule has 9 heteroatoms. The summed E-state index contributed by atoms with van der Waals surface area (Å²) in [4.78, 5) is 32.7. The van der Waals surface area contributed by atoms with Crippen LogP contribution in [0, 0.1) is 0 Å². The Balaban J connectivity index is 1.51. The fraction of sp³-hybridized carbons (Fsp3) is 0.304. The Morgan fingerprint density at radius 3 is 2.66 bits per heavy atom. The van der Waals surface area contributed by atoms with Crippen molar-refractivity contribution in [3.8, 4) is 16.9 Å². The van der Waals surface area contributed by atoms with Crippen molar-refractivity contribution < 1.29 is 19.1 Å². The van der Waals surface area contributed by atoms with Gasteiger partial charge in [0.15, 0.2) is 5.75 Å². The van der Waals surface area contributed by atoms with E-state index in [0.29, 0.717) is 36.9 Å². The van der Waals surface area contributed by atoms with Gasteiger partial charge in [0, 0.05) is 31.4 Å². The van der Waals surface area contributed by atoms with E-state index in [9.17, 15) is 9.59 Å². The monoisotopic (exact) mass is 433 g/mol. The number of benzene rings is 1. The molecule has 1 atom stereocenters. The molecular formula is C23H23N5O4.